The topological polar surface area (TPSA) is 27.6 Å². The Bertz CT molecular complexity index is 539. The molecule has 0 amide bonds. The number of hydrogen-bond donors (Lipinski definition) is 1. The summed E-state index contributed by atoms with van der Waals surface area (Å²) in [7, 11) is 0. The highest BCUT2D eigenvalue weighted by molar-refractivity contribution is 7.22. The van der Waals surface area contributed by atoms with Crippen LogP contribution in [0.25, 0.3) is 9.75 Å². The number of piperazine rings is 1. The van der Waals surface area contributed by atoms with Crippen LogP contribution in [0.1, 0.15) is 4.88 Å². The molecule has 0 spiro atoms. The fraction of sp³-hybridized carbons (Fsp3) is 0.400. The van der Waals surface area contributed by atoms with Gasteiger partial charge in [-0.05, 0) is 23.6 Å². The molecule has 1 saturated heterocycles. The van der Waals surface area contributed by atoms with Gasteiger partial charge in [-0.15, -0.1) is 22.7 Å². The molecular weight excluding hydrogens is 286 g/mol. The Labute approximate surface area is 128 Å². The molecule has 106 valence electrons. The molecule has 0 radical (unpaired) electrons. The molecule has 1 aliphatic heterocycles. The van der Waals surface area contributed by atoms with Crippen LogP contribution in [0.2, 0.25) is 0 Å². The molecule has 3 nitrogen and oxygen atoms in total. The fourth-order valence-electron chi connectivity index (χ4n) is 2.26. The molecule has 0 aliphatic carbocycles. The van der Waals surface area contributed by atoms with Crippen molar-refractivity contribution >= 4 is 28.9 Å². The van der Waals surface area contributed by atoms with Crippen LogP contribution in [0, 0.1) is 0 Å². The van der Waals surface area contributed by atoms with Gasteiger partial charge >= 0.3 is 0 Å². The third kappa shape index (κ3) is 3.76. The van der Waals surface area contributed by atoms with Gasteiger partial charge in [-0.25, -0.2) is 0 Å². The number of thiophene rings is 2. The minimum absolute atomic E-state index is 0.895. The van der Waals surface area contributed by atoms with Gasteiger partial charge in [0.05, 0.1) is 6.54 Å². The fourth-order valence-corrected chi connectivity index (χ4v) is 4.00. The van der Waals surface area contributed by atoms with Crippen LogP contribution < -0.4 is 5.32 Å². The third-order valence-electron chi connectivity index (χ3n) is 3.36. The van der Waals surface area contributed by atoms with E-state index in [2.05, 4.69) is 44.9 Å². The largest absolute Gasteiger partial charge is 0.314 e. The Morgan fingerprint density at radius 1 is 1.20 bits per heavy atom. The zero-order chi connectivity index (χ0) is 13.6. The van der Waals surface area contributed by atoms with Gasteiger partial charge < -0.3 is 5.32 Å². The minimum atomic E-state index is 0.895. The molecule has 1 aliphatic rings. The maximum atomic E-state index is 4.56. The number of rotatable bonds is 5. The van der Waals surface area contributed by atoms with Gasteiger partial charge in [0.25, 0.3) is 0 Å². The molecule has 0 atom stereocenters. The highest BCUT2D eigenvalue weighted by Gasteiger charge is 2.07. The van der Waals surface area contributed by atoms with E-state index < -0.39 is 0 Å². The summed E-state index contributed by atoms with van der Waals surface area (Å²) in [5.41, 5.74) is 0. The van der Waals surface area contributed by atoms with Crippen molar-refractivity contribution in [2.45, 2.75) is 0 Å². The first-order chi connectivity index (χ1) is 9.92. The molecule has 20 heavy (non-hydrogen) atoms. The summed E-state index contributed by atoms with van der Waals surface area (Å²) in [5.74, 6) is 0. The molecule has 2 aromatic rings. The van der Waals surface area contributed by atoms with E-state index >= 15 is 0 Å². The predicted octanol–water partition coefficient (Wildman–Crippen LogP) is 2.80. The second kappa shape index (κ2) is 7.13. The lowest BCUT2D eigenvalue weighted by atomic mass is 10.3. The number of aliphatic imine (C=N–C) groups is 1. The Morgan fingerprint density at radius 2 is 2.10 bits per heavy atom. The van der Waals surface area contributed by atoms with Gasteiger partial charge in [0.2, 0.25) is 0 Å². The standard InChI is InChI=1S/C15H19N3S2/c1-2-14(19-11-1)15-4-3-13(20-15)12-17-7-10-18-8-5-16-6-9-18/h1-4,11-12,16H,5-10H2. The Balaban J connectivity index is 1.49. The average Bonchev–Trinajstić information content (AvgIpc) is 3.15. The summed E-state index contributed by atoms with van der Waals surface area (Å²) in [6.45, 7) is 6.49. The van der Waals surface area contributed by atoms with Crippen molar-refractivity contribution in [3.05, 3.63) is 34.5 Å². The monoisotopic (exact) mass is 305 g/mol. The van der Waals surface area contributed by atoms with Crippen LogP contribution in [0.15, 0.2) is 34.6 Å². The van der Waals surface area contributed by atoms with E-state index in [1.54, 1.807) is 11.3 Å². The van der Waals surface area contributed by atoms with Gasteiger partial charge in [0, 0.05) is 53.6 Å². The summed E-state index contributed by atoms with van der Waals surface area (Å²) in [6, 6.07) is 8.62. The summed E-state index contributed by atoms with van der Waals surface area (Å²) in [4.78, 5) is 11.0. The predicted molar refractivity (Wildman–Crippen MR) is 89.4 cm³/mol. The van der Waals surface area contributed by atoms with Gasteiger partial charge in [0.15, 0.2) is 0 Å². The van der Waals surface area contributed by atoms with Gasteiger partial charge in [-0.1, -0.05) is 6.07 Å². The zero-order valence-electron chi connectivity index (χ0n) is 11.4. The van der Waals surface area contributed by atoms with E-state index in [1.807, 2.05) is 17.6 Å². The van der Waals surface area contributed by atoms with Crippen molar-refractivity contribution in [3.8, 4) is 9.75 Å². The van der Waals surface area contributed by atoms with Crippen LogP contribution >= 0.6 is 22.7 Å². The van der Waals surface area contributed by atoms with Crippen LogP contribution in [-0.4, -0.2) is 50.4 Å². The van der Waals surface area contributed by atoms with Crippen molar-refractivity contribution in [2.24, 2.45) is 4.99 Å². The zero-order valence-corrected chi connectivity index (χ0v) is 13.1. The Morgan fingerprint density at radius 3 is 2.90 bits per heavy atom. The first-order valence-electron chi connectivity index (χ1n) is 6.98. The van der Waals surface area contributed by atoms with Crippen LogP contribution in [0.3, 0.4) is 0 Å². The van der Waals surface area contributed by atoms with E-state index in [-0.39, 0.29) is 0 Å². The van der Waals surface area contributed by atoms with Crippen LogP contribution in [0.4, 0.5) is 0 Å². The first kappa shape index (κ1) is 13.9. The second-order valence-corrected chi connectivity index (χ2v) is 6.87. The van der Waals surface area contributed by atoms with Crippen molar-refractivity contribution in [2.75, 3.05) is 39.3 Å². The van der Waals surface area contributed by atoms with Gasteiger partial charge in [-0.3, -0.25) is 9.89 Å². The smallest absolute Gasteiger partial charge is 0.0517 e. The first-order valence-corrected chi connectivity index (χ1v) is 8.68. The molecular formula is C15H19N3S2. The molecule has 0 unspecified atom stereocenters. The lowest BCUT2D eigenvalue weighted by Crippen LogP contribution is -2.44. The van der Waals surface area contributed by atoms with Gasteiger partial charge in [0.1, 0.15) is 0 Å². The van der Waals surface area contributed by atoms with E-state index in [9.17, 15) is 0 Å². The van der Waals surface area contributed by atoms with Crippen LogP contribution in [-0.2, 0) is 0 Å². The molecule has 0 aromatic carbocycles. The lowest BCUT2D eigenvalue weighted by molar-refractivity contribution is 0.248. The maximum absolute atomic E-state index is 4.56. The molecule has 0 saturated carbocycles. The number of nitrogens with zero attached hydrogens (tertiary/aromatic N) is 2. The van der Waals surface area contributed by atoms with Crippen molar-refractivity contribution in [1.29, 1.82) is 0 Å². The SMILES string of the molecule is C(=NCCN1CCNCC1)c1ccc(-c2cccs2)s1. The highest BCUT2D eigenvalue weighted by Crippen LogP contribution is 2.30. The maximum Gasteiger partial charge on any atom is 0.0517 e. The van der Waals surface area contributed by atoms with Crippen molar-refractivity contribution in [3.63, 3.8) is 0 Å². The quantitative estimate of drug-likeness (QED) is 0.860. The minimum Gasteiger partial charge on any atom is -0.314 e. The molecule has 3 rings (SSSR count). The highest BCUT2D eigenvalue weighted by atomic mass is 32.1. The molecule has 0 bridgehead atoms. The average molecular weight is 305 g/mol. The van der Waals surface area contributed by atoms with E-state index in [4.69, 9.17) is 0 Å². The number of nitrogens with one attached hydrogen (secondary N) is 1. The third-order valence-corrected chi connectivity index (χ3v) is 5.45. The Hall–Kier alpha value is -1.01. The van der Waals surface area contributed by atoms with E-state index in [0.29, 0.717) is 0 Å². The normalized spacial score (nSPS) is 17.0. The summed E-state index contributed by atoms with van der Waals surface area (Å²) in [6.07, 6.45) is 2.02. The second-order valence-electron chi connectivity index (χ2n) is 4.81. The molecule has 5 heteroatoms. The molecule has 1 N–H and O–H groups in total. The van der Waals surface area contributed by atoms with Crippen LogP contribution in [0.5, 0.6) is 0 Å². The van der Waals surface area contributed by atoms with E-state index in [1.165, 1.54) is 14.6 Å². The lowest BCUT2D eigenvalue weighted by Gasteiger charge is -2.26. The Kier molecular flexibility index (Phi) is 4.97. The van der Waals surface area contributed by atoms with Crippen molar-refractivity contribution in [1.82, 2.24) is 10.2 Å². The summed E-state index contributed by atoms with van der Waals surface area (Å²) in [5, 5.41) is 5.49. The summed E-state index contributed by atoms with van der Waals surface area (Å²) >= 11 is 3.60. The summed E-state index contributed by atoms with van der Waals surface area (Å²) < 4.78 is 0. The van der Waals surface area contributed by atoms with Crippen molar-refractivity contribution < 1.29 is 0 Å². The molecule has 1 fully saturated rings. The molecule has 3 heterocycles. The van der Waals surface area contributed by atoms with Gasteiger partial charge in [-0.2, -0.15) is 0 Å². The van der Waals surface area contributed by atoms with E-state index in [0.717, 1.165) is 39.3 Å². The molecule has 2 aromatic heterocycles. The number of hydrogen-bond acceptors (Lipinski definition) is 5.